The number of amides is 1. The molecule has 1 unspecified atom stereocenters. The van der Waals surface area contributed by atoms with Gasteiger partial charge in [0.2, 0.25) is 0 Å². The standard InChI is InChI=1S/C11H13N3O2/c1-7(15)5-14-11(16)9-6-13-10-8(9)3-2-4-12-10/h2-4,6-7,15H,5H2,1H3,(H,12,13)(H,14,16). The van der Waals surface area contributed by atoms with Crippen molar-refractivity contribution in [3.63, 3.8) is 0 Å². The maximum absolute atomic E-state index is 11.8. The van der Waals surface area contributed by atoms with Gasteiger partial charge in [-0.2, -0.15) is 0 Å². The summed E-state index contributed by atoms with van der Waals surface area (Å²) in [6.45, 7) is 1.86. The van der Waals surface area contributed by atoms with Crippen LogP contribution in [0.3, 0.4) is 0 Å². The molecule has 5 nitrogen and oxygen atoms in total. The van der Waals surface area contributed by atoms with E-state index in [1.165, 1.54) is 0 Å². The Labute approximate surface area is 92.5 Å². The van der Waals surface area contributed by atoms with Crippen LogP contribution in [0.4, 0.5) is 0 Å². The molecule has 0 fully saturated rings. The van der Waals surface area contributed by atoms with Crippen LogP contribution < -0.4 is 5.32 Å². The van der Waals surface area contributed by atoms with E-state index in [0.29, 0.717) is 11.2 Å². The van der Waals surface area contributed by atoms with Crippen LogP contribution in [0, 0.1) is 0 Å². The van der Waals surface area contributed by atoms with E-state index in [1.807, 2.05) is 6.07 Å². The summed E-state index contributed by atoms with van der Waals surface area (Å²) in [5.41, 5.74) is 1.23. The number of pyridine rings is 1. The van der Waals surface area contributed by atoms with Gasteiger partial charge in [0.05, 0.1) is 11.7 Å². The van der Waals surface area contributed by atoms with Crippen LogP contribution in [-0.2, 0) is 0 Å². The molecule has 1 amide bonds. The van der Waals surface area contributed by atoms with Crippen LogP contribution in [0.5, 0.6) is 0 Å². The summed E-state index contributed by atoms with van der Waals surface area (Å²) in [7, 11) is 0. The molecule has 0 radical (unpaired) electrons. The van der Waals surface area contributed by atoms with Gasteiger partial charge in [0.15, 0.2) is 0 Å². The zero-order chi connectivity index (χ0) is 11.5. The molecule has 0 bridgehead atoms. The summed E-state index contributed by atoms with van der Waals surface area (Å²) in [5.74, 6) is -0.208. The Balaban J connectivity index is 2.23. The topological polar surface area (TPSA) is 78.0 Å². The SMILES string of the molecule is CC(O)CNC(=O)c1c[nH]c2ncccc12. The number of fused-ring (bicyclic) bond motifs is 1. The minimum atomic E-state index is -0.549. The number of hydrogen-bond donors (Lipinski definition) is 3. The maximum atomic E-state index is 11.8. The summed E-state index contributed by atoms with van der Waals surface area (Å²) in [4.78, 5) is 18.8. The molecule has 5 heteroatoms. The van der Waals surface area contributed by atoms with Crippen molar-refractivity contribution in [1.82, 2.24) is 15.3 Å². The molecule has 0 spiro atoms. The van der Waals surface area contributed by atoms with Crippen LogP contribution >= 0.6 is 0 Å². The number of aromatic amines is 1. The fourth-order valence-corrected chi connectivity index (χ4v) is 1.48. The van der Waals surface area contributed by atoms with Gasteiger partial charge in [-0.15, -0.1) is 0 Å². The summed E-state index contributed by atoms with van der Waals surface area (Å²) < 4.78 is 0. The second-order valence-corrected chi connectivity index (χ2v) is 3.66. The third-order valence-electron chi connectivity index (χ3n) is 2.25. The maximum Gasteiger partial charge on any atom is 0.253 e. The number of carbonyl (C=O) groups is 1. The molecule has 2 aromatic rings. The number of carbonyl (C=O) groups excluding carboxylic acids is 1. The lowest BCUT2D eigenvalue weighted by atomic mass is 10.2. The first-order valence-corrected chi connectivity index (χ1v) is 5.07. The minimum Gasteiger partial charge on any atom is -0.392 e. The molecule has 0 aromatic carbocycles. The highest BCUT2D eigenvalue weighted by atomic mass is 16.3. The summed E-state index contributed by atoms with van der Waals surface area (Å²) in [5, 5.41) is 12.5. The lowest BCUT2D eigenvalue weighted by Crippen LogP contribution is -2.30. The zero-order valence-corrected chi connectivity index (χ0v) is 8.90. The van der Waals surface area contributed by atoms with Crippen molar-refractivity contribution < 1.29 is 9.90 Å². The Morgan fingerprint density at radius 2 is 2.50 bits per heavy atom. The average molecular weight is 219 g/mol. The van der Waals surface area contributed by atoms with Crippen molar-refractivity contribution in [1.29, 1.82) is 0 Å². The molecule has 0 saturated heterocycles. The molecule has 0 aliphatic heterocycles. The average Bonchev–Trinajstić information content (AvgIpc) is 2.69. The van der Waals surface area contributed by atoms with Crippen LogP contribution in [0.2, 0.25) is 0 Å². The number of nitrogens with zero attached hydrogens (tertiary/aromatic N) is 1. The Kier molecular flexibility index (Phi) is 2.87. The van der Waals surface area contributed by atoms with Gasteiger partial charge in [-0.25, -0.2) is 4.98 Å². The second kappa shape index (κ2) is 4.32. The molecule has 0 aliphatic rings. The van der Waals surface area contributed by atoms with Gasteiger partial charge in [0.25, 0.3) is 5.91 Å². The summed E-state index contributed by atoms with van der Waals surface area (Å²) in [6.07, 6.45) is 2.73. The predicted molar refractivity (Wildman–Crippen MR) is 60.1 cm³/mol. The number of aliphatic hydroxyl groups is 1. The van der Waals surface area contributed by atoms with Gasteiger partial charge < -0.3 is 15.4 Å². The number of hydrogen-bond acceptors (Lipinski definition) is 3. The van der Waals surface area contributed by atoms with E-state index < -0.39 is 6.10 Å². The van der Waals surface area contributed by atoms with Gasteiger partial charge in [0.1, 0.15) is 5.65 Å². The predicted octanol–water partition coefficient (Wildman–Crippen LogP) is 0.673. The van der Waals surface area contributed by atoms with E-state index in [9.17, 15) is 4.79 Å². The Bertz CT molecular complexity index is 505. The fraction of sp³-hybridized carbons (Fsp3) is 0.273. The summed E-state index contributed by atoms with van der Waals surface area (Å²) >= 11 is 0. The monoisotopic (exact) mass is 219 g/mol. The molecule has 84 valence electrons. The van der Waals surface area contributed by atoms with Gasteiger partial charge in [0, 0.05) is 24.3 Å². The second-order valence-electron chi connectivity index (χ2n) is 3.66. The smallest absolute Gasteiger partial charge is 0.253 e. The largest absolute Gasteiger partial charge is 0.392 e. The van der Waals surface area contributed by atoms with Gasteiger partial charge in [-0.3, -0.25) is 4.79 Å². The normalized spacial score (nSPS) is 12.6. The number of rotatable bonds is 3. The van der Waals surface area contributed by atoms with Crippen molar-refractivity contribution in [3.05, 3.63) is 30.1 Å². The Morgan fingerprint density at radius 3 is 3.25 bits per heavy atom. The van der Waals surface area contributed by atoms with Crippen LogP contribution in [0.1, 0.15) is 17.3 Å². The molecular weight excluding hydrogens is 206 g/mol. The first kappa shape index (κ1) is 10.6. The highest BCUT2D eigenvalue weighted by molar-refractivity contribution is 6.05. The third-order valence-corrected chi connectivity index (χ3v) is 2.25. The molecule has 1 atom stereocenters. The number of aliphatic hydroxyl groups excluding tert-OH is 1. The first-order valence-electron chi connectivity index (χ1n) is 5.07. The van der Waals surface area contributed by atoms with E-state index in [1.54, 1.807) is 25.4 Å². The lowest BCUT2D eigenvalue weighted by molar-refractivity contribution is 0.0925. The minimum absolute atomic E-state index is 0.208. The van der Waals surface area contributed by atoms with Gasteiger partial charge >= 0.3 is 0 Å². The van der Waals surface area contributed by atoms with E-state index in [2.05, 4.69) is 15.3 Å². The van der Waals surface area contributed by atoms with Crippen molar-refractivity contribution in [3.8, 4) is 0 Å². The molecule has 3 N–H and O–H groups in total. The molecule has 0 aliphatic carbocycles. The Hall–Kier alpha value is -1.88. The number of H-pyrrole nitrogens is 1. The number of nitrogens with one attached hydrogen (secondary N) is 2. The van der Waals surface area contributed by atoms with Gasteiger partial charge in [-0.1, -0.05) is 0 Å². The van der Waals surface area contributed by atoms with E-state index >= 15 is 0 Å². The molecule has 2 heterocycles. The van der Waals surface area contributed by atoms with Crippen molar-refractivity contribution in [2.24, 2.45) is 0 Å². The highest BCUT2D eigenvalue weighted by Gasteiger charge is 2.12. The number of aromatic nitrogens is 2. The molecular formula is C11H13N3O2. The highest BCUT2D eigenvalue weighted by Crippen LogP contribution is 2.14. The van der Waals surface area contributed by atoms with Crippen molar-refractivity contribution in [2.45, 2.75) is 13.0 Å². The van der Waals surface area contributed by atoms with Crippen LogP contribution in [-0.4, -0.2) is 33.6 Å². The zero-order valence-electron chi connectivity index (χ0n) is 8.90. The van der Waals surface area contributed by atoms with Crippen LogP contribution in [0.15, 0.2) is 24.5 Å². The molecule has 0 saturated carbocycles. The third kappa shape index (κ3) is 2.04. The molecule has 2 aromatic heterocycles. The first-order chi connectivity index (χ1) is 7.68. The fourth-order valence-electron chi connectivity index (χ4n) is 1.48. The van der Waals surface area contributed by atoms with Crippen molar-refractivity contribution >= 4 is 16.9 Å². The van der Waals surface area contributed by atoms with Crippen molar-refractivity contribution in [2.75, 3.05) is 6.54 Å². The summed E-state index contributed by atoms with van der Waals surface area (Å²) in [6, 6.07) is 3.61. The lowest BCUT2D eigenvalue weighted by Gasteiger charge is -2.05. The van der Waals surface area contributed by atoms with Crippen LogP contribution in [0.25, 0.3) is 11.0 Å². The Morgan fingerprint density at radius 1 is 1.69 bits per heavy atom. The van der Waals surface area contributed by atoms with E-state index in [-0.39, 0.29) is 12.5 Å². The quantitative estimate of drug-likeness (QED) is 0.710. The van der Waals surface area contributed by atoms with Gasteiger partial charge in [-0.05, 0) is 19.1 Å². The van der Waals surface area contributed by atoms with E-state index in [0.717, 1.165) is 5.39 Å². The molecule has 2 rings (SSSR count). The molecule has 16 heavy (non-hydrogen) atoms. The van der Waals surface area contributed by atoms with E-state index in [4.69, 9.17) is 5.11 Å².